The van der Waals surface area contributed by atoms with Gasteiger partial charge in [-0.05, 0) is 6.42 Å². The molecule has 1 saturated heterocycles. The Hall–Kier alpha value is -0.200. The lowest BCUT2D eigenvalue weighted by atomic mass is 10.0. The number of hydrogen-bond acceptors (Lipinski definition) is 5. The van der Waals surface area contributed by atoms with Gasteiger partial charge in [0.2, 0.25) is 0 Å². The highest BCUT2D eigenvalue weighted by Gasteiger charge is 2.37. The lowest BCUT2D eigenvalue weighted by Crippen LogP contribution is -2.54. The normalized spacial score (nSPS) is 26.3. The number of rotatable bonds is 16. The van der Waals surface area contributed by atoms with Crippen LogP contribution in [0, 0.1) is 0 Å². The average molecular weight is 375 g/mol. The zero-order chi connectivity index (χ0) is 19.0. The van der Waals surface area contributed by atoms with Crippen molar-refractivity contribution in [1.82, 2.24) is 0 Å². The summed E-state index contributed by atoms with van der Waals surface area (Å²) in [6.45, 7) is 3.23. The van der Waals surface area contributed by atoms with Crippen LogP contribution in [0.1, 0.15) is 90.4 Å². The Balaban J connectivity index is 1.80. The second kappa shape index (κ2) is 15.8. The molecule has 4 atom stereocenters. The zero-order valence-corrected chi connectivity index (χ0v) is 16.8. The summed E-state index contributed by atoms with van der Waals surface area (Å²) in [6, 6.07) is 0. The quantitative estimate of drug-likeness (QED) is 0.360. The monoisotopic (exact) mass is 374 g/mol. The van der Waals surface area contributed by atoms with E-state index in [2.05, 4.69) is 6.92 Å². The third-order valence-corrected chi connectivity index (χ3v) is 5.28. The zero-order valence-electron chi connectivity index (χ0n) is 16.8. The van der Waals surface area contributed by atoms with E-state index in [4.69, 9.17) is 9.47 Å². The van der Waals surface area contributed by atoms with Crippen molar-refractivity contribution in [3.05, 3.63) is 0 Å². The van der Waals surface area contributed by atoms with Crippen molar-refractivity contribution in [3.8, 4) is 0 Å². The Kier molecular flexibility index (Phi) is 14.5. The summed E-state index contributed by atoms with van der Waals surface area (Å²) in [7, 11) is 0. The van der Waals surface area contributed by atoms with E-state index >= 15 is 0 Å². The minimum atomic E-state index is -1.14. The standard InChI is InChI=1S/C21H42O5/c1-2-3-4-5-6-7-8-9-10-11-12-13-14-15-25-17-19-21(24)20(23)18(22)16-26-19/h18-24H,2-17H2,1H3/t18-,19+,20+,21+/m0/s1. The van der Waals surface area contributed by atoms with Crippen LogP contribution in [0.3, 0.4) is 0 Å². The highest BCUT2D eigenvalue weighted by Crippen LogP contribution is 2.16. The maximum atomic E-state index is 9.81. The van der Waals surface area contributed by atoms with Gasteiger partial charge in [0.15, 0.2) is 0 Å². The Bertz CT molecular complexity index is 313. The molecule has 5 nitrogen and oxygen atoms in total. The maximum absolute atomic E-state index is 9.81. The Morgan fingerprint density at radius 1 is 0.731 bits per heavy atom. The minimum Gasteiger partial charge on any atom is -0.388 e. The second-order valence-electron chi connectivity index (χ2n) is 7.74. The molecule has 156 valence electrons. The third kappa shape index (κ3) is 10.8. The molecule has 26 heavy (non-hydrogen) atoms. The highest BCUT2D eigenvalue weighted by molar-refractivity contribution is 4.86. The number of hydrogen-bond donors (Lipinski definition) is 3. The smallest absolute Gasteiger partial charge is 0.111 e. The molecule has 3 N–H and O–H groups in total. The molecule has 1 aliphatic rings. The van der Waals surface area contributed by atoms with Gasteiger partial charge in [-0.15, -0.1) is 0 Å². The van der Waals surface area contributed by atoms with Crippen molar-refractivity contribution in [2.45, 2.75) is 115 Å². The topological polar surface area (TPSA) is 79.2 Å². The van der Waals surface area contributed by atoms with Gasteiger partial charge < -0.3 is 24.8 Å². The first-order chi connectivity index (χ1) is 12.7. The molecule has 1 heterocycles. The molecule has 0 spiro atoms. The molecule has 1 rings (SSSR count). The van der Waals surface area contributed by atoms with Gasteiger partial charge in [-0.2, -0.15) is 0 Å². The summed E-state index contributed by atoms with van der Waals surface area (Å²) < 4.78 is 10.9. The summed E-state index contributed by atoms with van der Waals surface area (Å²) in [6.07, 6.45) is 13.4. The van der Waals surface area contributed by atoms with Gasteiger partial charge in [-0.3, -0.25) is 0 Å². The first-order valence-corrected chi connectivity index (χ1v) is 10.9. The van der Waals surface area contributed by atoms with E-state index in [1.54, 1.807) is 0 Å². The van der Waals surface area contributed by atoms with Gasteiger partial charge in [0.1, 0.15) is 24.4 Å². The summed E-state index contributed by atoms with van der Waals surface area (Å²) in [4.78, 5) is 0. The molecule has 0 aliphatic carbocycles. The van der Waals surface area contributed by atoms with Crippen molar-refractivity contribution in [3.63, 3.8) is 0 Å². The Morgan fingerprint density at radius 2 is 1.23 bits per heavy atom. The highest BCUT2D eigenvalue weighted by atomic mass is 16.6. The molecule has 0 aromatic carbocycles. The molecule has 0 saturated carbocycles. The van der Waals surface area contributed by atoms with Crippen LogP contribution < -0.4 is 0 Å². The fourth-order valence-electron chi connectivity index (χ4n) is 3.43. The number of unbranched alkanes of at least 4 members (excludes halogenated alkanes) is 12. The summed E-state index contributed by atoms with van der Waals surface area (Å²) in [5.41, 5.74) is 0. The van der Waals surface area contributed by atoms with Crippen LogP contribution in [-0.4, -0.2) is 59.6 Å². The predicted molar refractivity (Wildman–Crippen MR) is 104 cm³/mol. The first kappa shape index (κ1) is 23.8. The fraction of sp³-hybridized carbons (Fsp3) is 1.00. The van der Waals surface area contributed by atoms with E-state index < -0.39 is 24.4 Å². The van der Waals surface area contributed by atoms with Crippen molar-refractivity contribution in [2.24, 2.45) is 0 Å². The van der Waals surface area contributed by atoms with Crippen LogP contribution in [0.25, 0.3) is 0 Å². The number of aliphatic hydroxyl groups is 3. The van der Waals surface area contributed by atoms with Gasteiger partial charge >= 0.3 is 0 Å². The second-order valence-corrected chi connectivity index (χ2v) is 7.74. The van der Waals surface area contributed by atoms with Gasteiger partial charge in [0.05, 0.1) is 13.2 Å². The number of aliphatic hydroxyl groups excluding tert-OH is 3. The van der Waals surface area contributed by atoms with Crippen molar-refractivity contribution in [1.29, 1.82) is 0 Å². The summed E-state index contributed by atoms with van der Waals surface area (Å²) in [5.74, 6) is 0. The SMILES string of the molecule is CCCCCCCCCCCCCCCOC[C@H]1OC[C@H](O)[C@@H](O)[C@@H]1O. The van der Waals surface area contributed by atoms with Crippen LogP contribution in [0.5, 0.6) is 0 Å². The number of ether oxygens (including phenoxy) is 2. The molecule has 1 aliphatic heterocycles. The van der Waals surface area contributed by atoms with Crippen LogP contribution in [0.15, 0.2) is 0 Å². The summed E-state index contributed by atoms with van der Waals surface area (Å²) in [5, 5.41) is 28.8. The van der Waals surface area contributed by atoms with E-state index in [0.29, 0.717) is 6.61 Å². The Labute approximate surface area is 160 Å². The average Bonchev–Trinajstić information content (AvgIpc) is 2.64. The van der Waals surface area contributed by atoms with Crippen LogP contribution in [-0.2, 0) is 9.47 Å². The molecule has 0 radical (unpaired) electrons. The van der Waals surface area contributed by atoms with Crippen molar-refractivity contribution in [2.75, 3.05) is 19.8 Å². The molecule has 0 bridgehead atoms. The maximum Gasteiger partial charge on any atom is 0.111 e. The lowest BCUT2D eigenvalue weighted by molar-refractivity contribution is -0.199. The molecule has 5 heteroatoms. The van der Waals surface area contributed by atoms with Crippen LogP contribution in [0.2, 0.25) is 0 Å². The van der Waals surface area contributed by atoms with Gasteiger partial charge in [0, 0.05) is 6.61 Å². The van der Waals surface area contributed by atoms with E-state index in [1.165, 1.54) is 77.0 Å². The fourth-order valence-corrected chi connectivity index (χ4v) is 3.43. The van der Waals surface area contributed by atoms with Gasteiger partial charge in [-0.1, -0.05) is 84.0 Å². The molecule has 0 aromatic rings. The van der Waals surface area contributed by atoms with Crippen LogP contribution in [0.4, 0.5) is 0 Å². The molecule has 0 aromatic heterocycles. The minimum absolute atomic E-state index is 0.0466. The van der Waals surface area contributed by atoms with E-state index in [9.17, 15) is 15.3 Å². The predicted octanol–water partition coefficient (Wildman–Crippen LogP) is 3.58. The van der Waals surface area contributed by atoms with E-state index in [1.807, 2.05) is 0 Å². The van der Waals surface area contributed by atoms with Crippen molar-refractivity contribution >= 4 is 0 Å². The van der Waals surface area contributed by atoms with E-state index in [-0.39, 0.29) is 13.2 Å². The molecule has 0 unspecified atom stereocenters. The first-order valence-electron chi connectivity index (χ1n) is 10.9. The summed E-state index contributed by atoms with van der Waals surface area (Å²) >= 11 is 0. The molecule has 0 amide bonds. The van der Waals surface area contributed by atoms with Crippen LogP contribution >= 0.6 is 0 Å². The molecular formula is C21H42O5. The van der Waals surface area contributed by atoms with E-state index in [0.717, 1.165) is 6.42 Å². The van der Waals surface area contributed by atoms with Crippen molar-refractivity contribution < 1.29 is 24.8 Å². The largest absolute Gasteiger partial charge is 0.388 e. The lowest BCUT2D eigenvalue weighted by Gasteiger charge is -2.35. The Morgan fingerprint density at radius 3 is 1.77 bits per heavy atom. The molecule has 1 fully saturated rings. The third-order valence-electron chi connectivity index (χ3n) is 5.28. The molecular weight excluding hydrogens is 332 g/mol. The van der Waals surface area contributed by atoms with Gasteiger partial charge in [0.25, 0.3) is 0 Å². The van der Waals surface area contributed by atoms with Gasteiger partial charge in [-0.25, -0.2) is 0 Å².